The highest BCUT2D eigenvalue weighted by Crippen LogP contribution is 2.34. The minimum atomic E-state index is -0.691. The second kappa shape index (κ2) is 10.8. The Bertz CT molecular complexity index is 923. The molecule has 0 spiro atoms. The van der Waals surface area contributed by atoms with E-state index in [9.17, 15) is 9.90 Å². The molecule has 2 heterocycles. The highest BCUT2D eigenvalue weighted by atomic mass is 16.5. The minimum absolute atomic E-state index is 0.0376. The number of nitrogens with two attached hydrogens (primary N) is 1. The van der Waals surface area contributed by atoms with Crippen molar-refractivity contribution in [1.82, 2.24) is 9.97 Å². The van der Waals surface area contributed by atoms with E-state index in [0.29, 0.717) is 11.5 Å². The van der Waals surface area contributed by atoms with Gasteiger partial charge in [0.15, 0.2) is 11.5 Å². The zero-order chi connectivity index (χ0) is 22.1. The number of aromatic hydroxyl groups is 1. The number of phenolic OH excluding ortho intramolecular Hbond substituents is 1. The van der Waals surface area contributed by atoms with Gasteiger partial charge in [-0.15, -0.1) is 0 Å². The van der Waals surface area contributed by atoms with Crippen LogP contribution in [0.25, 0.3) is 0 Å². The van der Waals surface area contributed by atoms with E-state index < -0.39 is 5.97 Å². The fraction of sp³-hybridized carbons (Fsp3) is 0.400. The number of nitriles is 1. The molecule has 10 nitrogen and oxygen atoms in total. The summed E-state index contributed by atoms with van der Waals surface area (Å²) in [6.07, 6.45) is 3.43. The molecule has 4 N–H and O–H groups in total. The second-order valence-corrected chi connectivity index (χ2v) is 6.47. The van der Waals surface area contributed by atoms with Gasteiger partial charge in [0, 0.05) is 36.7 Å². The van der Waals surface area contributed by atoms with Crippen LogP contribution < -0.4 is 15.8 Å². The van der Waals surface area contributed by atoms with E-state index in [4.69, 9.17) is 20.5 Å². The average molecular weight is 415 g/mol. The predicted molar refractivity (Wildman–Crippen MR) is 110 cm³/mol. The van der Waals surface area contributed by atoms with Crippen molar-refractivity contribution in [1.29, 1.82) is 5.26 Å². The molecule has 1 aromatic carbocycles. The Morgan fingerprint density at radius 2 is 2.07 bits per heavy atom. The van der Waals surface area contributed by atoms with Crippen molar-refractivity contribution in [2.24, 2.45) is 5.92 Å². The maximum absolute atomic E-state index is 11.7. The van der Waals surface area contributed by atoms with Crippen molar-refractivity contribution in [2.75, 3.05) is 38.5 Å². The van der Waals surface area contributed by atoms with Crippen LogP contribution in [0.5, 0.6) is 11.5 Å². The van der Waals surface area contributed by atoms with Crippen molar-refractivity contribution in [3.63, 3.8) is 0 Å². The third-order valence-corrected chi connectivity index (χ3v) is 4.37. The van der Waals surface area contributed by atoms with Gasteiger partial charge in [-0.05, 0) is 25.8 Å². The van der Waals surface area contributed by atoms with Crippen molar-refractivity contribution >= 4 is 23.4 Å². The van der Waals surface area contributed by atoms with Gasteiger partial charge in [0.1, 0.15) is 11.4 Å². The highest BCUT2D eigenvalue weighted by Gasteiger charge is 2.18. The first-order chi connectivity index (χ1) is 14.4. The first-order valence-corrected chi connectivity index (χ1v) is 9.22. The largest absolute Gasteiger partial charge is 0.504 e. The molecular weight excluding hydrogens is 390 g/mol. The van der Waals surface area contributed by atoms with Crippen molar-refractivity contribution in [2.45, 2.75) is 19.8 Å². The van der Waals surface area contributed by atoms with Gasteiger partial charge in [-0.2, -0.15) is 10.2 Å². The van der Waals surface area contributed by atoms with E-state index in [1.165, 1.54) is 26.4 Å². The van der Waals surface area contributed by atoms with Crippen LogP contribution in [-0.4, -0.2) is 48.5 Å². The number of methoxy groups -OCH3 is 2. The number of carbonyl (C=O) groups is 1. The number of esters is 1. The summed E-state index contributed by atoms with van der Waals surface area (Å²) in [4.78, 5) is 19.9. The topological polar surface area (TPSA) is 153 Å². The molecule has 1 aliphatic rings. The van der Waals surface area contributed by atoms with Crippen LogP contribution in [0.2, 0.25) is 0 Å². The van der Waals surface area contributed by atoms with E-state index in [2.05, 4.69) is 26.1 Å². The average Bonchev–Trinajstić information content (AvgIpc) is 2.77. The Labute approximate surface area is 174 Å². The maximum Gasteiger partial charge on any atom is 0.341 e. The number of hydrogen-bond donors (Lipinski definition) is 3. The zero-order valence-electron chi connectivity index (χ0n) is 17.1. The molecule has 160 valence electrons. The quantitative estimate of drug-likeness (QED) is 0.501. The highest BCUT2D eigenvalue weighted by molar-refractivity contribution is 5.95. The molecule has 0 atom stereocenters. The summed E-state index contributed by atoms with van der Waals surface area (Å²) in [6.45, 7) is 3.34. The zero-order valence-corrected chi connectivity index (χ0v) is 17.1. The Morgan fingerprint density at radius 1 is 1.37 bits per heavy atom. The Kier molecular flexibility index (Phi) is 8.19. The van der Waals surface area contributed by atoms with Crippen molar-refractivity contribution < 1.29 is 24.1 Å². The molecule has 0 saturated carbocycles. The van der Waals surface area contributed by atoms with Gasteiger partial charge < -0.3 is 30.4 Å². The Balaban J connectivity index is 0.000000335. The maximum atomic E-state index is 11.7. The van der Waals surface area contributed by atoms with Gasteiger partial charge in [-0.1, -0.05) is 0 Å². The summed E-state index contributed by atoms with van der Waals surface area (Å²) < 4.78 is 14.7. The summed E-state index contributed by atoms with van der Waals surface area (Å²) >= 11 is 0. The van der Waals surface area contributed by atoms with Crippen LogP contribution in [0.15, 0.2) is 18.3 Å². The molecule has 0 bridgehead atoms. The number of nitrogens with zero attached hydrogens (tertiary/aromatic N) is 3. The fourth-order valence-electron chi connectivity index (χ4n) is 2.57. The number of ether oxygens (including phenoxy) is 3. The van der Waals surface area contributed by atoms with E-state index in [1.807, 2.05) is 0 Å². The van der Waals surface area contributed by atoms with Crippen LogP contribution in [-0.2, 0) is 9.47 Å². The minimum Gasteiger partial charge on any atom is -0.504 e. The lowest BCUT2D eigenvalue weighted by Crippen LogP contribution is -2.13. The number of nitrogens with one attached hydrogen (secondary N) is 1. The SMILES string of the molecule is COC(=O)c1cc(Nc2ncc(C)c(N)n2)cc(OC)c1O.N#CC1CCOCC1. The van der Waals surface area contributed by atoms with E-state index in [-0.39, 0.29) is 28.9 Å². The number of nitrogen functional groups attached to an aromatic ring is 1. The molecule has 10 heteroatoms. The fourth-order valence-corrected chi connectivity index (χ4v) is 2.57. The van der Waals surface area contributed by atoms with E-state index in [0.717, 1.165) is 31.6 Å². The van der Waals surface area contributed by atoms with Gasteiger partial charge in [0.25, 0.3) is 0 Å². The number of benzene rings is 1. The van der Waals surface area contributed by atoms with Crippen LogP contribution >= 0.6 is 0 Å². The number of anilines is 3. The molecule has 0 unspecified atom stereocenters. The van der Waals surface area contributed by atoms with Crippen LogP contribution in [0, 0.1) is 24.2 Å². The molecule has 1 aliphatic heterocycles. The molecule has 1 saturated heterocycles. The third kappa shape index (κ3) is 5.96. The van der Waals surface area contributed by atoms with Gasteiger partial charge in [0.05, 0.1) is 26.2 Å². The van der Waals surface area contributed by atoms with Crippen molar-refractivity contribution in [3.05, 3.63) is 29.5 Å². The van der Waals surface area contributed by atoms with Gasteiger partial charge >= 0.3 is 5.97 Å². The molecule has 30 heavy (non-hydrogen) atoms. The summed E-state index contributed by atoms with van der Waals surface area (Å²) in [5.74, 6) is -0.00893. The molecule has 0 radical (unpaired) electrons. The lowest BCUT2D eigenvalue weighted by atomic mass is 10.0. The molecule has 1 fully saturated rings. The molecular formula is C20H25N5O5. The second-order valence-electron chi connectivity index (χ2n) is 6.47. The molecule has 0 amide bonds. The van der Waals surface area contributed by atoms with Crippen LogP contribution in [0.1, 0.15) is 28.8 Å². The van der Waals surface area contributed by atoms with Gasteiger partial charge in [-0.25, -0.2) is 9.78 Å². The van der Waals surface area contributed by atoms with E-state index in [1.54, 1.807) is 13.1 Å². The van der Waals surface area contributed by atoms with Crippen LogP contribution in [0.4, 0.5) is 17.5 Å². The molecule has 2 aromatic rings. The monoisotopic (exact) mass is 415 g/mol. The number of hydrogen-bond acceptors (Lipinski definition) is 10. The van der Waals surface area contributed by atoms with Crippen molar-refractivity contribution in [3.8, 4) is 17.6 Å². The van der Waals surface area contributed by atoms with Crippen LogP contribution in [0.3, 0.4) is 0 Å². The Morgan fingerprint density at radius 3 is 2.60 bits per heavy atom. The van der Waals surface area contributed by atoms with E-state index >= 15 is 0 Å². The first kappa shape index (κ1) is 22.7. The smallest absolute Gasteiger partial charge is 0.341 e. The summed E-state index contributed by atoms with van der Waals surface area (Å²) in [5, 5.41) is 21.2. The molecule has 3 rings (SSSR count). The molecule has 1 aromatic heterocycles. The lowest BCUT2D eigenvalue weighted by molar-refractivity contribution is 0.0597. The first-order valence-electron chi connectivity index (χ1n) is 9.22. The summed E-state index contributed by atoms with van der Waals surface area (Å²) in [7, 11) is 2.60. The number of phenols is 1. The normalized spacial score (nSPS) is 13.4. The number of rotatable bonds is 4. The van der Waals surface area contributed by atoms with Gasteiger partial charge in [-0.3, -0.25) is 0 Å². The number of aryl methyl sites for hydroxylation is 1. The Hall–Kier alpha value is -3.58. The summed E-state index contributed by atoms with van der Waals surface area (Å²) in [6, 6.07) is 5.13. The summed E-state index contributed by atoms with van der Waals surface area (Å²) in [5.41, 5.74) is 6.88. The van der Waals surface area contributed by atoms with Gasteiger partial charge in [0.2, 0.25) is 5.95 Å². The predicted octanol–water partition coefficient (Wildman–Crippen LogP) is 2.55. The lowest BCUT2D eigenvalue weighted by Gasteiger charge is -2.14. The molecule has 0 aliphatic carbocycles. The third-order valence-electron chi connectivity index (χ3n) is 4.37. The number of carbonyl (C=O) groups excluding carboxylic acids is 1. The number of aromatic nitrogens is 2. The standard InChI is InChI=1S/C14H16N4O4.C6H9NO/c1-7-6-16-14(18-12(7)15)17-8-4-9(13(20)22-3)11(19)10(5-8)21-2;7-5-6-1-3-8-4-2-6/h4-6,19H,1-3H3,(H3,15,16,17,18);6H,1-4H2.